The number of hydroxylamine groups is 2. The van der Waals surface area contributed by atoms with Crippen molar-refractivity contribution in [3.8, 4) is 0 Å². The van der Waals surface area contributed by atoms with E-state index in [1.807, 2.05) is 30.5 Å². The molecule has 1 atom stereocenters. The van der Waals surface area contributed by atoms with Gasteiger partial charge in [-0.05, 0) is 25.5 Å². The molecule has 2 heterocycles. The third kappa shape index (κ3) is 4.48. The Bertz CT molecular complexity index is 817. The van der Waals surface area contributed by atoms with Gasteiger partial charge in [0.15, 0.2) is 0 Å². The summed E-state index contributed by atoms with van der Waals surface area (Å²) in [5.41, 5.74) is 1.71. The summed E-state index contributed by atoms with van der Waals surface area (Å²) in [6.07, 6.45) is 3.92. The van der Waals surface area contributed by atoms with Crippen LogP contribution in [-0.4, -0.2) is 66.2 Å². The highest BCUT2D eigenvalue weighted by Gasteiger charge is 2.23. The van der Waals surface area contributed by atoms with Crippen molar-refractivity contribution >= 4 is 22.7 Å². The van der Waals surface area contributed by atoms with Crippen LogP contribution in [0.2, 0.25) is 0 Å². The third-order valence-electron chi connectivity index (χ3n) is 5.13. The number of fused-ring (bicyclic) bond motifs is 1. The fourth-order valence-corrected chi connectivity index (χ4v) is 3.76. The molecule has 7 nitrogen and oxygen atoms in total. The van der Waals surface area contributed by atoms with Crippen LogP contribution >= 0.6 is 0 Å². The van der Waals surface area contributed by atoms with Gasteiger partial charge in [0.2, 0.25) is 5.91 Å². The lowest BCUT2D eigenvalue weighted by molar-refractivity contribution is -0.119. The van der Waals surface area contributed by atoms with Gasteiger partial charge in [0.25, 0.3) is 5.91 Å². The zero-order valence-electron chi connectivity index (χ0n) is 16.3. The standard InChI is InChI=1S/C20H28N4O3/c1-15(25)21-16-9-12-23(13-16)10-6-11-24-14-18(20(26)22(2)27-3)17-7-4-5-8-19(17)24/h4-5,7-8,14,16H,6,9-13H2,1-3H3,(H,21,25). The number of amides is 2. The van der Waals surface area contributed by atoms with Gasteiger partial charge >= 0.3 is 0 Å². The number of hydrogen-bond acceptors (Lipinski definition) is 4. The summed E-state index contributed by atoms with van der Waals surface area (Å²) in [5.74, 6) is -0.107. The molecule has 0 saturated carbocycles. The first kappa shape index (κ1) is 19.4. The van der Waals surface area contributed by atoms with Gasteiger partial charge in [0, 0.05) is 56.7 Å². The van der Waals surface area contributed by atoms with Gasteiger partial charge in [0.1, 0.15) is 0 Å². The highest BCUT2D eigenvalue weighted by molar-refractivity contribution is 6.06. The molecule has 0 aliphatic carbocycles. The summed E-state index contributed by atoms with van der Waals surface area (Å²) in [4.78, 5) is 31.2. The van der Waals surface area contributed by atoms with Crippen LogP contribution in [0.5, 0.6) is 0 Å². The minimum absolute atomic E-state index is 0.0406. The van der Waals surface area contributed by atoms with E-state index in [1.165, 1.54) is 12.2 Å². The summed E-state index contributed by atoms with van der Waals surface area (Å²) < 4.78 is 2.15. The summed E-state index contributed by atoms with van der Waals surface area (Å²) in [7, 11) is 3.11. The van der Waals surface area contributed by atoms with E-state index >= 15 is 0 Å². The van der Waals surface area contributed by atoms with Gasteiger partial charge in [-0.15, -0.1) is 0 Å². The smallest absolute Gasteiger partial charge is 0.279 e. The average Bonchev–Trinajstić information content (AvgIpc) is 3.25. The first-order valence-electron chi connectivity index (χ1n) is 9.39. The van der Waals surface area contributed by atoms with Crippen molar-refractivity contribution in [2.24, 2.45) is 0 Å². The second-order valence-electron chi connectivity index (χ2n) is 7.08. The molecule has 1 saturated heterocycles. The van der Waals surface area contributed by atoms with Crippen LogP contribution in [0.3, 0.4) is 0 Å². The minimum Gasteiger partial charge on any atom is -0.352 e. The first-order chi connectivity index (χ1) is 13.0. The van der Waals surface area contributed by atoms with Gasteiger partial charge in [-0.1, -0.05) is 18.2 Å². The summed E-state index contributed by atoms with van der Waals surface area (Å²) in [6.45, 7) is 5.31. The second kappa shape index (κ2) is 8.54. The minimum atomic E-state index is -0.148. The molecule has 1 N–H and O–H groups in total. The molecule has 1 aromatic carbocycles. The van der Waals surface area contributed by atoms with Gasteiger partial charge in [-0.25, -0.2) is 5.06 Å². The number of aromatic nitrogens is 1. The Labute approximate surface area is 159 Å². The van der Waals surface area contributed by atoms with E-state index in [-0.39, 0.29) is 17.9 Å². The van der Waals surface area contributed by atoms with Crippen molar-refractivity contribution in [3.63, 3.8) is 0 Å². The third-order valence-corrected chi connectivity index (χ3v) is 5.13. The lowest BCUT2D eigenvalue weighted by atomic mass is 10.1. The Balaban J connectivity index is 1.64. The molecule has 0 radical (unpaired) electrons. The molecule has 1 aliphatic rings. The van der Waals surface area contributed by atoms with E-state index < -0.39 is 0 Å². The van der Waals surface area contributed by atoms with E-state index in [0.29, 0.717) is 5.56 Å². The Morgan fingerprint density at radius 2 is 2.07 bits per heavy atom. The topological polar surface area (TPSA) is 66.8 Å². The van der Waals surface area contributed by atoms with Crippen molar-refractivity contribution in [2.45, 2.75) is 32.4 Å². The number of nitrogens with zero attached hydrogens (tertiary/aromatic N) is 3. The molecule has 1 aliphatic heterocycles. The molecule has 1 unspecified atom stereocenters. The zero-order valence-corrected chi connectivity index (χ0v) is 16.3. The predicted molar refractivity (Wildman–Crippen MR) is 104 cm³/mol. The fourth-order valence-electron chi connectivity index (χ4n) is 3.76. The Morgan fingerprint density at radius 1 is 1.30 bits per heavy atom. The van der Waals surface area contributed by atoms with E-state index in [2.05, 4.69) is 14.8 Å². The van der Waals surface area contributed by atoms with Crippen LogP contribution in [-0.2, 0) is 16.2 Å². The predicted octanol–water partition coefficient (Wildman–Crippen LogP) is 1.88. The zero-order chi connectivity index (χ0) is 19.4. The summed E-state index contributed by atoms with van der Waals surface area (Å²) in [6, 6.07) is 8.22. The molecule has 3 rings (SSSR count). The van der Waals surface area contributed by atoms with E-state index in [1.54, 1.807) is 14.0 Å². The molecule has 27 heavy (non-hydrogen) atoms. The van der Waals surface area contributed by atoms with Crippen LogP contribution in [0, 0.1) is 0 Å². The number of carbonyl (C=O) groups is 2. The molecule has 0 spiro atoms. The lowest BCUT2D eigenvalue weighted by Gasteiger charge is -2.16. The molecule has 146 valence electrons. The monoisotopic (exact) mass is 372 g/mol. The van der Waals surface area contributed by atoms with Gasteiger partial charge in [0.05, 0.1) is 12.7 Å². The van der Waals surface area contributed by atoms with Crippen molar-refractivity contribution < 1.29 is 14.4 Å². The van der Waals surface area contributed by atoms with Crippen LogP contribution in [0.1, 0.15) is 30.1 Å². The molecule has 1 fully saturated rings. The number of carbonyl (C=O) groups excluding carboxylic acids is 2. The van der Waals surface area contributed by atoms with E-state index in [9.17, 15) is 9.59 Å². The van der Waals surface area contributed by atoms with Gasteiger partial charge in [-0.3, -0.25) is 14.4 Å². The molecule has 0 bridgehead atoms. The van der Waals surface area contributed by atoms with E-state index in [0.717, 1.165) is 49.9 Å². The molecular weight excluding hydrogens is 344 g/mol. The molecule has 1 aromatic heterocycles. The maximum Gasteiger partial charge on any atom is 0.279 e. The molecule has 2 amide bonds. The van der Waals surface area contributed by atoms with Gasteiger partial charge < -0.3 is 14.8 Å². The number of likely N-dealkylation sites (tertiary alicyclic amines) is 1. The molecule has 7 heteroatoms. The summed E-state index contributed by atoms with van der Waals surface area (Å²) >= 11 is 0. The van der Waals surface area contributed by atoms with Crippen LogP contribution in [0.15, 0.2) is 30.5 Å². The maximum atomic E-state index is 12.6. The highest BCUT2D eigenvalue weighted by atomic mass is 16.7. The lowest BCUT2D eigenvalue weighted by Crippen LogP contribution is -2.35. The number of nitrogens with one attached hydrogen (secondary N) is 1. The number of aryl methyl sites for hydroxylation is 1. The Hall–Kier alpha value is -2.38. The van der Waals surface area contributed by atoms with Crippen molar-refractivity contribution in [1.82, 2.24) is 19.8 Å². The number of hydrogen-bond donors (Lipinski definition) is 1. The van der Waals surface area contributed by atoms with Crippen LogP contribution in [0.25, 0.3) is 10.9 Å². The maximum absolute atomic E-state index is 12.6. The SMILES string of the molecule is CON(C)C(=O)c1cn(CCCN2CCC(NC(C)=O)C2)c2ccccc12. The van der Waals surface area contributed by atoms with Crippen LogP contribution in [0.4, 0.5) is 0 Å². The van der Waals surface area contributed by atoms with Crippen molar-refractivity contribution in [3.05, 3.63) is 36.0 Å². The molecule has 2 aromatic rings. The van der Waals surface area contributed by atoms with Crippen molar-refractivity contribution in [1.29, 1.82) is 0 Å². The largest absolute Gasteiger partial charge is 0.352 e. The quantitative estimate of drug-likeness (QED) is 0.754. The highest BCUT2D eigenvalue weighted by Crippen LogP contribution is 2.23. The molecular formula is C20H28N4O3. The number of rotatable bonds is 7. The Kier molecular flexibility index (Phi) is 6.13. The van der Waals surface area contributed by atoms with Crippen molar-refractivity contribution in [2.75, 3.05) is 33.8 Å². The van der Waals surface area contributed by atoms with Gasteiger partial charge in [-0.2, -0.15) is 0 Å². The normalized spacial score (nSPS) is 17.4. The van der Waals surface area contributed by atoms with Crippen LogP contribution < -0.4 is 5.32 Å². The second-order valence-corrected chi connectivity index (χ2v) is 7.08. The number of benzene rings is 1. The van der Waals surface area contributed by atoms with E-state index in [4.69, 9.17) is 4.84 Å². The summed E-state index contributed by atoms with van der Waals surface area (Å²) in [5, 5.41) is 5.19. The number of para-hydroxylation sites is 1. The first-order valence-corrected chi connectivity index (χ1v) is 9.39. The Morgan fingerprint density at radius 3 is 2.81 bits per heavy atom. The fraction of sp³-hybridized carbons (Fsp3) is 0.500. The average molecular weight is 372 g/mol.